The van der Waals surface area contributed by atoms with Crippen LogP contribution in [0.25, 0.3) is 0 Å². The van der Waals surface area contributed by atoms with Gasteiger partial charge in [-0.1, -0.05) is 31.4 Å². The van der Waals surface area contributed by atoms with Gasteiger partial charge in [0.2, 0.25) is 0 Å². The Morgan fingerprint density at radius 3 is 2.54 bits per heavy atom. The standard InChI is InChI=1S/C19H25FN2O4/c1-13(18(24)21-11-14-7-3-2-4-8-14)26-17(23)12-22-19(25)15-9-5-6-10-16(15)20/h5-6,9-10,13-14H,2-4,7-8,11-12H2,1H3,(H,21,24)(H,22,25)/t13-/m1/s1. The minimum atomic E-state index is -0.948. The van der Waals surface area contributed by atoms with Crippen molar-refractivity contribution in [3.8, 4) is 0 Å². The molecule has 0 bridgehead atoms. The van der Waals surface area contributed by atoms with Gasteiger partial charge in [-0.3, -0.25) is 14.4 Å². The highest BCUT2D eigenvalue weighted by atomic mass is 19.1. The molecule has 1 aliphatic carbocycles. The molecule has 0 aromatic heterocycles. The molecule has 7 heteroatoms. The van der Waals surface area contributed by atoms with Gasteiger partial charge in [0.25, 0.3) is 11.8 Å². The van der Waals surface area contributed by atoms with Gasteiger partial charge in [-0.15, -0.1) is 0 Å². The number of amides is 2. The fraction of sp³-hybridized carbons (Fsp3) is 0.526. The predicted molar refractivity (Wildman–Crippen MR) is 93.9 cm³/mol. The molecular weight excluding hydrogens is 339 g/mol. The summed E-state index contributed by atoms with van der Waals surface area (Å²) >= 11 is 0. The molecule has 1 fully saturated rings. The maximum absolute atomic E-state index is 13.5. The van der Waals surface area contributed by atoms with Crippen LogP contribution in [0.4, 0.5) is 4.39 Å². The molecule has 1 atom stereocenters. The zero-order chi connectivity index (χ0) is 18.9. The van der Waals surface area contributed by atoms with E-state index in [2.05, 4.69) is 10.6 Å². The lowest BCUT2D eigenvalue weighted by atomic mass is 9.89. The zero-order valence-corrected chi connectivity index (χ0v) is 14.9. The Bertz CT molecular complexity index is 644. The maximum Gasteiger partial charge on any atom is 0.326 e. The monoisotopic (exact) mass is 364 g/mol. The third-order valence-electron chi connectivity index (χ3n) is 4.48. The van der Waals surface area contributed by atoms with Crippen LogP contribution in [0.3, 0.4) is 0 Å². The molecule has 0 aliphatic heterocycles. The largest absolute Gasteiger partial charge is 0.451 e. The van der Waals surface area contributed by atoms with Crippen LogP contribution < -0.4 is 10.6 Å². The van der Waals surface area contributed by atoms with Crippen LogP contribution in [-0.4, -0.2) is 37.0 Å². The fourth-order valence-electron chi connectivity index (χ4n) is 2.97. The second kappa shape index (κ2) is 9.89. The third kappa shape index (κ3) is 6.13. The highest BCUT2D eigenvalue weighted by Crippen LogP contribution is 2.22. The molecule has 0 saturated heterocycles. The summed E-state index contributed by atoms with van der Waals surface area (Å²) < 4.78 is 18.5. The van der Waals surface area contributed by atoms with Crippen molar-refractivity contribution < 1.29 is 23.5 Å². The molecule has 2 amide bonds. The minimum absolute atomic E-state index is 0.154. The number of hydrogen-bond donors (Lipinski definition) is 2. The quantitative estimate of drug-likeness (QED) is 0.727. The summed E-state index contributed by atoms with van der Waals surface area (Å²) in [5.74, 6) is -2.02. The number of benzene rings is 1. The molecule has 0 unspecified atom stereocenters. The second-order valence-electron chi connectivity index (χ2n) is 6.54. The van der Waals surface area contributed by atoms with Crippen LogP contribution in [0.15, 0.2) is 24.3 Å². The predicted octanol–water partition coefficient (Wildman–Crippen LogP) is 2.18. The van der Waals surface area contributed by atoms with Gasteiger partial charge in [-0.25, -0.2) is 4.39 Å². The van der Waals surface area contributed by atoms with E-state index < -0.39 is 30.3 Å². The first-order valence-corrected chi connectivity index (χ1v) is 8.97. The lowest BCUT2D eigenvalue weighted by Crippen LogP contribution is -2.40. The van der Waals surface area contributed by atoms with Gasteiger partial charge in [-0.05, 0) is 37.8 Å². The topological polar surface area (TPSA) is 84.5 Å². The van der Waals surface area contributed by atoms with Crippen molar-refractivity contribution in [1.82, 2.24) is 10.6 Å². The number of ether oxygens (including phenoxy) is 1. The van der Waals surface area contributed by atoms with Crippen LogP contribution in [0.1, 0.15) is 49.4 Å². The van der Waals surface area contributed by atoms with Crippen molar-refractivity contribution in [2.24, 2.45) is 5.92 Å². The molecule has 1 aromatic carbocycles. The fourth-order valence-corrected chi connectivity index (χ4v) is 2.97. The SMILES string of the molecule is C[C@@H](OC(=O)CNC(=O)c1ccccc1F)C(=O)NCC1CCCCC1. The van der Waals surface area contributed by atoms with Crippen molar-refractivity contribution >= 4 is 17.8 Å². The molecule has 26 heavy (non-hydrogen) atoms. The van der Waals surface area contributed by atoms with E-state index >= 15 is 0 Å². The summed E-state index contributed by atoms with van der Waals surface area (Å²) in [6, 6.07) is 5.46. The Balaban J connectivity index is 1.70. The van der Waals surface area contributed by atoms with E-state index in [1.807, 2.05) is 0 Å². The third-order valence-corrected chi connectivity index (χ3v) is 4.48. The molecular formula is C19H25FN2O4. The Labute approximate surface area is 152 Å². The Morgan fingerprint density at radius 2 is 1.85 bits per heavy atom. The van der Waals surface area contributed by atoms with Crippen molar-refractivity contribution in [3.63, 3.8) is 0 Å². The van der Waals surface area contributed by atoms with E-state index in [4.69, 9.17) is 4.74 Å². The summed E-state index contributed by atoms with van der Waals surface area (Å²) in [6.45, 7) is 1.63. The highest BCUT2D eigenvalue weighted by molar-refractivity contribution is 5.96. The molecule has 2 rings (SSSR count). The number of nitrogens with one attached hydrogen (secondary N) is 2. The van der Waals surface area contributed by atoms with Gasteiger partial charge >= 0.3 is 5.97 Å². The van der Waals surface area contributed by atoms with Crippen LogP contribution in [0, 0.1) is 11.7 Å². The molecule has 1 saturated carbocycles. The van der Waals surface area contributed by atoms with E-state index in [0.29, 0.717) is 12.5 Å². The first kappa shape index (κ1) is 19.9. The number of esters is 1. The second-order valence-corrected chi connectivity index (χ2v) is 6.54. The first-order valence-electron chi connectivity index (χ1n) is 8.97. The number of hydrogen-bond acceptors (Lipinski definition) is 4. The lowest BCUT2D eigenvalue weighted by molar-refractivity contribution is -0.153. The van der Waals surface area contributed by atoms with E-state index in [9.17, 15) is 18.8 Å². The van der Waals surface area contributed by atoms with Crippen molar-refractivity contribution in [1.29, 1.82) is 0 Å². The number of carbonyl (C=O) groups is 3. The van der Waals surface area contributed by atoms with Gasteiger partial charge in [0.15, 0.2) is 6.10 Å². The Hall–Kier alpha value is -2.44. The van der Waals surface area contributed by atoms with Crippen molar-refractivity contribution in [2.45, 2.75) is 45.1 Å². The van der Waals surface area contributed by atoms with Gasteiger partial charge in [0.1, 0.15) is 12.4 Å². The van der Waals surface area contributed by atoms with E-state index in [1.165, 1.54) is 44.4 Å². The van der Waals surface area contributed by atoms with Gasteiger partial charge in [0, 0.05) is 6.54 Å². The maximum atomic E-state index is 13.5. The van der Waals surface area contributed by atoms with Gasteiger partial charge in [-0.2, -0.15) is 0 Å². The van der Waals surface area contributed by atoms with Gasteiger partial charge < -0.3 is 15.4 Å². The zero-order valence-electron chi connectivity index (χ0n) is 14.9. The van der Waals surface area contributed by atoms with E-state index in [-0.39, 0.29) is 11.5 Å². The molecule has 0 spiro atoms. The van der Waals surface area contributed by atoms with Crippen LogP contribution in [0.5, 0.6) is 0 Å². The average molecular weight is 364 g/mol. The Kier molecular flexibility index (Phi) is 7.56. The molecule has 0 heterocycles. The van der Waals surface area contributed by atoms with Crippen LogP contribution in [-0.2, 0) is 14.3 Å². The molecule has 0 radical (unpaired) electrons. The lowest BCUT2D eigenvalue weighted by Gasteiger charge is -2.22. The summed E-state index contributed by atoms with van der Waals surface area (Å²) in [5.41, 5.74) is -0.154. The van der Waals surface area contributed by atoms with Crippen molar-refractivity contribution in [3.05, 3.63) is 35.6 Å². The normalized spacial score (nSPS) is 15.8. The van der Waals surface area contributed by atoms with E-state index in [1.54, 1.807) is 0 Å². The molecule has 2 N–H and O–H groups in total. The minimum Gasteiger partial charge on any atom is -0.451 e. The molecule has 1 aliphatic rings. The summed E-state index contributed by atoms with van der Waals surface area (Å²) in [6.07, 6.45) is 4.89. The van der Waals surface area contributed by atoms with E-state index in [0.717, 1.165) is 18.9 Å². The molecule has 6 nitrogen and oxygen atoms in total. The summed E-state index contributed by atoms with van der Waals surface area (Å²) in [4.78, 5) is 35.6. The van der Waals surface area contributed by atoms with Crippen LogP contribution in [0.2, 0.25) is 0 Å². The highest BCUT2D eigenvalue weighted by Gasteiger charge is 2.20. The Morgan fingerprint density at radius 1 is 1.15 bits per heavy atom. The average Bonchev–Trinajstić information content (AvgIpc) is 2.65. The number of rotatable bonds is 7. The van der Waals surface area contributed by atoms with Gasteiger partial charge in [0.05, 0.1) is 5.56 Å². The molecule has 1 aromatic rings. The summed E-state index contributed by atoms with van der Waals surface area (Å²) in [5, 5.41) is 5.08. The number of halogens is 1. The first-order chi connectivity index (χ1) is 12.5. The van der Waals surface area contributed by atoms with Crippen LogP contribution >= 0.6 is 0 Å². The smallest absolute Gasteiger partial charge is 0.326 e. The summed E-state index contributed by atoms with van der Waals surface area (Å²) in [7, 11) is 0. The van der Waals surface area contributed by atoms with Crippen molar-refractivity contribution in [2.75, 3.05) is 13.1 Å². The number of carbonyl (C=O) groups excluding carboxylic acids is 3. The molecule has 142 valence electrons.